The second-order valence-corrected chi connectivity index (χ2v) is 4.33. The fraction of sp³-hybridized carbons (Fsp3) is 0.133. The van der Waals surface area contributed by atoms with Crippen LogP contribution in [-0.2, 0) is 0 Å². The van der Waals surface area contributed by atoms with Crippen molar-refractivity contribution in [3.63, 3.8) is 0 Å². The number of rotatable bonds is 2. The molecule has 2 rings (SSSR count). The Morgan fingerprint density at radius 3 is 2.58 bits per heavy atom. The number of hydrogen-bond acceptors (Lipinski definition) is 1. The summed E-state index contributed by atoms with van der Waals surface area (Å²) >= 11 is 0. The van der Waals surface area contributed by atoms with Gasteiger partial charge < -0.3 is 5.32 Å². The van der Waals surface area contributed by atoms with Crippen molar-refractivity contribution in [1.82, 2.24) is 0 Å². The Balaban J connectivity index is 2.31. The van der Waals surface area contributed by atoms with E-state index in [0.717, 1.165) is 29.3 Å². The lowest BCUT2D eigenvalue weighted by atomic mass is 10.1. The van der Waals surface area contributed by atoms with Gasteiger partial charge in [-0.2, -0.15) is 0 Å². The van der Waals surface area contributed by atoms with E-state index < -0.39 is 17.5 Å². The van der Waals surface area contributed by atoms with E-state index in [1.807, 2.05) is 19.9 Å². The molecule has 0 fully saturated rings. The normalized spacial score (nSPS) is 10.3. The molecule has 4 heteroatoms. The van der Waals surface area contributed by atoms with Crippen LogP contribution in [-0.4, -0.2) is 5.91 Å². The molecule has 0 atom stereocenters. The molecule has 2 nitrogen and oxygen atoms in total. The number of halogens is 2. The Morgan fingerprint density at radius 2 is 1.84 bits per heavy atom. The van der Waals surface area contributed by atoms with Crippen LogP contribution in [0.1, 0.15) is 21.5 Å². The summed E-state index contributed by atoms with van der Waals surface area (Å²) in [6.07, 6.45) is 0. The largest absolute Gasteiger partial charge is 0.322 e. The highest BCUT2D eigenvalue weighted by molar-refractivity contribution is 6.04. The molecule has 0 aliphatic heterocycles. The average Bonchev–Trinajstić information content (AvgIpc) is 2.38. The van der Waals surface area contributed by atoms with Gasteiger partial charge in [0.15, 0.2) is 0 Å². The lowest BCUT2D eigenvalue weighted by molar-refractivity contribution is 0.102. The minimum atomic E-state index is -0.746. The molecule has 0 aliphatic rings. The number of carbonyl (C=O) groups excluding carboxylic acids is 1. The van der Waals surface area contributed by atoms with Crippen LogP contribution in [0.15, 0.2) is 36.4 Å². The molecule has 0 radical (unpaired) electrons. The first-order chi connectivity index (χ1) is 8.99. The number of aryl methyl sites for hydroxylation is 1. The van der Waals surface area contributed by atoms with E-state index in [-0.39, 0.29) is 5.56 Å². The van der Waals surface area contributed by atoms with E-state index in [0.29, 0.717) is 5.69 Å². The standard InChI is InChI=1S/C15H13F2NO/c1-9-4-3-5-14(10(9)2)18-15(19)12-8-11(16)6-7-13(12)17/h3-8H,1-2H3,(H,18,19). The maximum Gasteiger partial charge on any atom is 0.258 e. The lowest BCUT2D eigenvalue weighted by Crippen LogP contribution is -2.15. The second kappa shape index (κ2) is 5.18. The van der Waals surface area contributed by atoms with Crippen molar-refractivity contribution in [2.75, 3.05) is 5.32 Å². The van der Waals surface area contributed by atoms with E-state index in [2.05, 4.69) is 5.32 Å². The van der Waals surface area contributed by atoms with Crippen molar-refractivity contribution in [1.29, 1.82) is 0 Å². The lowest BCUT2D eigenvalue weighted by Gasteiger charge is -2.10. The fourth-order valence-corrected chi connectivity index (χ4v) is 1.75. The van der Waals surface area contributed by atoms with E-state index in [9.17, 15) is 13.6 Å². The number of nitrogens with one attached hydrogen (secondary N) is 1. The van der Waals surface area contributed by atoms with E-state index in [1.54, 1.807) is 12.1 Å². The predicted molar refractivity (Wildman–Crippen MR) is 70.2 cm³/mol. The van der Waals surface area contributed by atoms with E-state index in [4.69, 9.17) is 0 Å². The third kappa shape index (κ3) is 2.78. The zero-order chi connectivity index (χ0) is 14.0. The average molecular weight is 261 g/mol. The SMILES string of the molecule is Cc1cccc(NC(=O)c2cc(F)ccc2F)c1C. The fourth-order valence-electron chi connectivity index (χ4n) is 1.75. The topological polar surface area (TPSA) is 29.1 Å². The van der Waals surface area contributed by atoms with Gasteiger partial charge in [-0.3, -0.25) is 4.79 Å². The number of anilines is 1. The Kier molecular flexibility index (Phi) is 3.60. The van der Waals surface area contributed by atoms with Gasteiger partial charge in [-0.05, 0) is 49.2 Å². The zero-order valence-corrected chi connectivity index (χ0v) is 10.6. The monoisotopic (exact) mass is 261 g/mol. The van der Waals surface area contributed by atoms with Gasteiger partial charge in [0, 0.05) is 5.69 Å². The number of hydrogen-bond donors (Lipinski definition) is 1. The minimum Gasteiger partial charge on any atom is -0.322 e. The second-order valence-electron chi connectivity index (χ2n) is 4.33. The highest BCUT2D eigenvalue weighted by Gasteiger charge is 2.14. The molecule has 0 aromatic heterocycles. The maximum absolute atomic E-state index is 13.5. The van der Waals surface area contributed by atoms with Crippen molar-refractivity contribution in [3.05, 3.63) is 64.7 Å². The molecular weight excluding hydrogens is 248 g/mol. The summed E-state index contributed by atoms with van der Waals surface area (Å²) in [5.74, 6) is -2.05. The smallest absolute Gasteiger partial charge is 0.258 e. The number of amides is 1. The molecule has 2 aromatic rings. The summed E-state index contributed by atoms with van der Waals surface area (Å²) in [6.45, 7) is 3.76. The van der Waals surface area contributed by atoms with Gasteiger partial charge in [0.1, 0.15) is 11.6 Å². The first-order valence-electron chi connectivity index (χ1n) is 5.81. The first kappa shape index (κ1) is 13.2. The van der Waals surface area contributed by atoms with Gasteiger partial charge in [0.2, 0.25) is 0 Å². The van der Waals surface area contributed by atoms with Crippen LogP contribution in [0.4, 0.5) is 14.5 Å². The van der Waals surface area contributed by atoms with Crippen molar-refractivity contribution in [3.8, 4) is 0 Å². The molecule has 0 aliphatic carbocycles. The van der Waals surface area contributed by atoms with Crippen LogP contribution >= 0.6 is 0 Å². The molecule has 1 N–H and O–H groups in total. The predicted octanol–water partition coefficient (Wildman–Crippen LogP) is 3.83. The van der Waals surface area contributed by atoms with Crippen molar-refractivity contribution >= 4 is 11.6 Å². The van der Waals surface area contributed by atoms with Gasteiger partial charge in [-0.1, -0.05) is 12.1 Å². The number of benzene rings is 2. The molecular formula is C15H13F2NO. The summed E-state index contributed by atoms with van der Waals surface area (Å²) in [6, 6.07) is 8.22. The molecule has 98 valence electrons. The summed E-state index contributed by atoms with van der Waals surface area (Å²) in [7, 11) is 0. The first-order valence-corrected chi connectivity index (χ1v) is 5.81. The molecule has 2 aromatic carbocycles. The molecule has 0 spiro atoms. The van der Waals surface area contributed by atoms with Crippen LogP contribution in [0.5, 0.6) is 0 Å². The quantitative estimate of drug-likeness (QED) is 0.874. The van der Waals surface area contributed by atoms with Gasteiger partial charge in [0.25, 0.3) is 5.91 Å². The minimum absolute atomic E-state index is 0.305. The van der Waals surface area contributed by atoms with Crippen molar-refractivity contribution in [2.24, 2.45) is 0 Å². The zero-order valence-electron chi connectivity index (χ0n) is 10.6. The Morgan fingerprint density at radius 1 is 1.11 bits per heavy atom. The molecule has 0 bridgehead atoms. The van der Waals surface area contributed by atoms with Gasteiger partial charge in [0.05, 0.1) is 5.56 Å². The van der Waals surface area contributed by atoms with Crippen LogP contribution < -0.4 is 5.32 Å². The maximum atomic E-state index is 13.5. The highest BCUT2D eigenvalue weighted by Crippen LogP contribution is 2.19. The van der Waals surface area contributed by atoms with Crippen LogP contribution in [0.3, 0.4) is 0 Å². The van der Waals surface area contributed by atoms with Gasteiger partial charge >= 0.3 is 0 Å². The van der Waals surface area contributed by atoms with Gasteiger partial charge in [-0.25, -0.2) is 8.78 Å². The Labute approximate surface area is 110 Å². The summed E-state index contributed by atoms with van der Waals surface area (Å²) in [5, 5.41) is 2.59. The van der Waals surface area contributed by atoms with Crippen LogP contribution in [0, 0.1) is 25.5 Å². The third-order valence-corrected chi connectivity index (χ3v) is 3.03. The summed E-state index contributed by atoms with van der Waals surface area (Å²) in [4.78, 5) is 11.9. The van der Waals surface area contributed by atoms with Crippen LogP contribution in [0.2, 0.25) is 0 Å². The Hall–Kier alpha value is -2.23. The Bertz CT molecular complexity index is 638. The van der Waals surface area contributed by atoms with Gasteiger partial charge in [-0.15, -0.1) is 0 Å². The molecule has 0 saturated carbocycles. The third-order valence-electron chi connectivity index (χ3n) is 3.03. The van der Waals surface area contributed by atoms with Crippen LogP contribution in [0.25, 0.3) is 0 Å². The molecule has 0 unspecified atom stereocenters. The molecule has 0 heterocycles. The van der Waals surface area contributed by atoms with E-state index in [1.165, 1.54) is 0 Å². The molecule has 1 amide bonds. The number of carbonyl (C=O) groups is 1. The summed E-state index contributed by atoms with van der Waals surface area (Å²) in [5.41, 5.74) is 2.19. The molecule has 0 saturated heterocycles. The molecule has 19 heavy (non-hydrogen) atoms. The highest BCUT2D eigenvalue weighted by atomic mass is 19.1. The van der Waals surface area contributed by atoms with Crippen molar-refractivity contribution < 1.29 is 13.6 Å². The van der Waals surface area contributed by atoms with E-state index >= 15 is 0 Å². The van der Waals surface area contributed by atoms with Crippen molar-refractivity contribution in [2.45, 2.75) is 13.8 Å². The summed E-state index contributed by atoms with van der Waals surface area (Å²) < 4.78 is 26.5.